The fraction of sp³-hybridized carbons (Fsp3) is 0.875. The molecular weight excluding hydrogens is 154 g/mol. The number of nitrogens with two attached hydrogens (primary N) is 2. The number of carbonyl (C=O) groups excluding carboxylic acids is 1. The quantitative estimate of drug-likeness (QED) is 0.523. The minimum Gasteiger partial charge on any atom is -0.368 e. The van der Waals surface area contributed by atoms with E-state index in [0.717, 1.165) is 25.9 Å². The van der Waals surface area contributed by atoms with Gasteiger partial charge in [-0.1, -0.05) is 0 Å². The molecule has 68 valence electrons. The molecule has 0 aromatic carbocycles. The molecular formula is C8H15N3O. The Balaban J connectivity index is 2.22. The molecule has 0 spiro atoms. The molecule has 3 saturated heterocycles. The topological polar surface area (TPSA) is 72.3 Å². The molecule has 0 aliphatic carbocycles. The second kappa shape index (κ2) is 2.44. The predicted octanol–water partition coefficient (Wildman–Crippen LogP) is -1.11. The summed E-state index contributed by atoms with van der Waals surface area (Å²) in [6.07, 6.45) is 2.05. The highest BCUT2D eigenvalue weighted by Gasteiger charge is 2.47. The maximum Gasteiger partial charge on any atom is 0.239 e. The highest BCUT2D eigenvalue weighted by Crippen LogP contribution is 2.33. The van der Waals surface area contributed by atoms with Crippen LogP contribution in [0.15, 0.2) is 0 Å². The number of amides is 1. The van der Waals surface area contributed by atoms with E-state index < -0.39 is 5.54 Å². The molecule has 1 atom stereocenters. The Morgan fingerprint density at radius 2 is 2.00 bits per heavy atom. The van der Waals surface area contributed by atoms with Gasteiger partial charge >= 0.3 is 0 Å². The summed E-state index contributed by atoms with van der Waals surface area (Å²) in [5.74, 6) is -0.0168. The highest BCUT2D eigenvalue weighted by molar-refractivity contribution is 5.85. The third kappa shape index (κ3) is 0.949. The van der Waals surface area contributed by atoms with E-state index in [9.17, 15) is 4.79 Å². The Kier molecular flexibility index (Phi) is 1.63. The number of nitrogens with zero attached hydrogens (tertiary/aromatic N) is 1. The lowest BCUT2D eigenvalue weighted by Crippen LogP contribution is -2.69. The van der Waals surface area contributed by atoms with Crippen LogP contribution in [0, 0.1) is 5.92 Å². The van der Waals surface area contributed by atoms with Crippen molar-refractivity contribution in [1.82, 2.24) is 4.90 Å². The number of fused-ring (bicyclic) bond motifs is 3. The molecule has 0 saturated carbocycles. The molecule has 3 fully saturated rings. The van der Waals surface area contributed by atoms with Gasteiger partial charge in [0.1, 0.15) is 5.54 Å². The van der Waals surface area contributed by atoms with E-state index in [1.54, 1.807) is 0 Å². The van der Waals surface area contributed by atoms with E-state index in [1.807, 2.05) is 0 Å². The second-order valence-electron chi connectivity index (χ2n) is 3.96. The Bertz CT molecular complexity index is 210. The SMILES string of the molecule is NC(=O)[C@@]1(N)CN2CCC1CC2. The third-order valence-corrected chi connectivity index (χ3v) is 3.26. The van der Waals surface area contributed by atoms with Crippen LogP contribution in [0.3, 0.4) is 0 Å². The number of hydrogen-bond donors (Lipinski definition) is 2. The maximum atomic E-state index is 11.1. The van der Waals surface area contributed by atoms with E-state index in [0.29, 0.717) is 12.5 Å². The van der Waals surface area contributed by atoms with Crippen LogP contribution in [0.5, 0.6) is 0 Å². The van der Waals surface area contributed by atoms with Crippen molar-refractivity contribution in [2.75, 3.05) is 19.6 Å². The summed E-state index contributed by atoms with van der Waals surface area (Å²) in [7, 11) is 0. The van der Waals surface area contributed by atoms with Gasteiger partial charge in [0.2, 0.25) is 5.91 Å². The van der Waals surface area contributed by atoms with Crippen molar-refractivity contribution in [3.8, 4) is 0 Å². The van der Waals surface area contributed by atoms with Gasteiger partial charge in [0.25, 0.3) is 0 Å². The number of primary amides is 1. The van der Waals surface area contributed by atoms with Gasteiger partial charge in [-0.2, -0.15) is 0 Å². The summed E-state index contributed by atoms with van der Waals surface area (Å²) in [6, 6.07) is 0. The van der Waals surface area contributed by atoms with Crippen LogP contribution in [0.4, 0.5) is 0 Å². The van der Waals surface area contributed by atoms with Gasteiger partial charge in [0, 0.05) is 6.54 Å². The summed E-state index contributed by atoms with van der Waals surface area (Å²) >= 11 is 0. The average Bonchev–Trinajstić information content (AvgIpc) is 2.05. The van der Waals surface area contributed by atoms with E-state index in [2.05, 4.69) is 4.90 Å². The Morgan fingerprint density at radius 1 is 1.42 bits per heavy atom. The lowest BCUT2D eigenvalue weighted by molar-refractivity contribution is -0.130. The molecule has 4 N–H and O–H groups in total. The van der Waals surface area contributed by atoms with Crippen molar-refractivity contribution in [2.45, 2.75) is 18.4 Å². The van der Waals surface area contributed by atoms with Crippen molar-refractivity contribution in [3.63, 3.8) is 0 Å². The number of rotatable bonds is 1. The fourth-order valence-corrected chi connectivity index (χ4v) is 2.38. The first-order valence-electron chi connectivity index (χ1n) is 4.44. The molecule has 4 heteroatoms. The molecule has 3 heterocycles. The molecule has 3 rings (SSSR count). The third-order valence-electron chi connectivity index (χ3n) is 3.26. The molecule has 1 amide bonds. The van der Waals surface area contributed by atoms with Crippen LogP contribution in [-0.4, -0.2) is 36.0 Å². The summed E-state index contributed by atoms with van der Waals surface area (Å²) in [5, 5.41) is 0. The maximum absolute atomic E-state index is 11.1. The highest BCUT2D eigenvalue weighted by atomic mass is 16.1. The van der Waals surface area contributed by atoms with Gasteiger partial charge in [0.05, 0.1) is 0 Å². The molecule has 0 unspecified atom stereocenters. The molecule has 0 aromatic heterocycles. The standard InChI is InChI=1S/C8H15N3O/c9-7(12)8(10)5-11-3-1-6(8)2-4-11/h6H,1-5,10H2,(H2,9,12)/t8-/m1/s1. The van der Waals surface area contributed by atoms with Gasteiger partial charge in [0.15, 0.2) is 0 Å². The Labute approximate surface area is 71.9 Å². The van der Waals surface area contributed by atoms with Crippen LogP contribution in [-0.2, 0) is 4.79 Å². The Morgan fingerprint density at radius 3 is 2.25 bits per heavy atom. The largest absolute Gasteiger partial charge is 0.368 e. The van der Waals surface area contributed by atoms with Crippen LogP contribution >= 0.6 is 0 Å². The molecule has 0 radical (unpaired) electrons. The smallest absolute Gasteiger partial charge is 0.239 e. The monoisotopic (exact) mass is 169 g/mol. The van der Waals surface area contributed by atoms with E-state index in [-0.39, 0.29) is 5.91 Å². The minimum absolute atomic E-state index is 0.319. The first kappa shape index (κ1) is 8.01. The molecule has 3 aliphatic heterocycles. The molecule has 3 aliphatic rings. The van der Waals surface area contributed by atoms with Crippen LogP contribution in [0.2, 0.25) is 0 Å². The van der Waals surface area contributed by atoms with Crippen LogP contribution in [0.1, 0.15) is 12.8 Å². The van der Waals surface area contributed by atoms with Gasteiger partial charge in [-0.15, -0.1) is 0 Å². The lowest BCUT2D eigenvalue weighted by Gasteiger charge is -2.49. The van der Waals surface area contributed by atoms with E-state index >= 15 is 0 Å². The minimum atomic E-state index is -0.740. The van der Waals surface area contributed by atoms with Gasteiger partial charge in [-0.05, 0) is 31.8 Å². The summed E-state index contributed by atoms with van der Waals surface area (Å²) in [6.45, 7) is 2.82. The number of hydrogen-bond acceptors (Lipinski definition) is 3. The summed E-state index contributed by atoms with van der Waals surface area (Å²) < 4.78 is 0. The van der Waals surface area contributed by atoms with E-state index in [1.165, 1.54) is 0 Å². The van der Waals surface area contributed by atoms with Crippen LogP contribution < -0.4 is 11.5 Å². The molecule has 2 bridgehead atoms. The fourth-order valence-electron chi connectivity index (χ4n) is 2.38. The predicted molar refractivity (Wildman–Crippen MR) is 45.3 cm³/mol. The zero-order valence-corrected chi connectivity index (χ0v) is 7.12. The zero-order chi connectivity index (χ0) is 8.77. The first-order valence-corrected chi connectivity index (χ1v) is 4.44. The second-order valence-corrected chi connectivity index (χ2v) is 3.96. The molecule has 0 aromatic rings. The average molecular weight is 169 g/mol. The zero-order valence-electron chi connectivity index (χ0n) is 7.12. The Hall–Kier alpha value is -0.610. The number of piperidine rings is 3. The summed E-state index contributed by atoms with van der Waals surface area (Å²) in [5.41, 5.74) is 10.5. The first-order chi connectivity index (χ1) is 5.63. The molecule has 4 nitrogen and oxygen atoms in total. The lowest BCUT2D eigenvalue weighted by atomic mass is 9.73. The number of carbonyl (C=O) groups is 1. The van der Waals surface area contributed by atoms with E-state index in [4.69, 9.17) is 11.5 Å². The van der Waals surface area contributed by atoms with Gasteiger partial charge in [-0.3, -0.25) is 4.79 Å². The molecule has 12 heavy (non-hydrogen) atoms. The van der Waals surface area contributed by atoms with Crippen molar-refractivity contribution in [2.24, 2.45) is 17.4 Å². The van der Waals surface area contributed by atoms with Crippen molar-refractivity contribution >= 4 is 5.91 Å². The van der Waals surface area contributed by atoms with Crippen molar-refractivity contribution in [1.29, 1.82) is 0 Å². The van der Waals surface area contributed by atoms with Crippen LogP contribution in [0.25, 0.3) is 0 Å². The van der Waals surface area contributed by atoms with Gasteiger partial charge in [-0.25, -0.2) is 0 Å². The van der Waals surface area contributed by atoms with Crippen molar-refractivity contribution in [3.05, 3.63) is 0 Å². The normalized spacial score (nSPS) is 46.1. The van der Waals surface area contributed by atoms with Gasteiger partial charge < -0.3 is 16.4 Å². The van der Waals surface area contributed by atoms with Crippen molar-refractivity contribution < 1.29 is 4.79 Å². The summed E-state index contributed by atoms with van der Waals surface area (Å²) in [4.78, 5) is 13.4.